The van der Waals surface area contributed by atoms with Crippen LogP contribution in [0.15, 0.2) is 12.4 Å². The van der Waals surface area contributed by atoms with Crippen molar-refractivity contribution < 1.29 is 4.74 Å². The lowest BCUT2D eigenvalue weighted by molar-refractivity contribution is -0.0286. The Morgan fingerprint density at radius 3 is 2.90 bits per heavy atom. The summed E-state index contributed by atoms with van der Waals surface area (Å²) >= 11 is 2.25. The first-order chi connectivity index (χ1) is 4.86. The van der Waals surface area contributed by atoms with Crippen LogP contribution in [-0.4, -0.2) is 23.0 Å². The summed E-state index contributed by atoms with van der Waals surface area (Å²) in [6.07, 6.45) is 3.90. The van der Waals surface area contributed by atoms with Gasteiger partial charge in [-0.1, -0.05) is 0 Å². The van der Waals surface area contributed by atoms with Crippen LogP contribution >= 0.6 is 22.6 Å². The number of halogens is 1. The van der Waals surface area contributed by atoms with Crippen LogP contribution < -0.4 is 0 Å². The molecule has 2 heterocycles. The van der Waals surface area contributed by atoms with Crippen molar-refractivity contribution in [3.8, 4) is 0 Å². The van der Waals surface area contributed by atoms with E-state index in [1.54, 1.807) is 0 Å². The average Bonchev–Trinajstić information content (AvgIpc) is 2.10. The highest BCUT2D eigenvalue weighted by molar-refractivity contribution is 14.1. The number of hydrogen-bond acceptors (Lipinski definition) is 2. The second-order valence-corrected chi connectivity index (χ2v) is 3.58. The van der Waals surface area contributed by atoms with Crippen molar-refractivity contribution in [3.63, 3.8) is 0 Å². The molecule has 54 valence electrons. The second kappa shape index (κ2) is 2.50. The Labute approximate surface area is 72.5 Å². The number of hydrogen-bond donors (Lipinski definition) is 0. The molecule has 10 heavy (non-hydrogen) atoms. The molecule has 1 aromatic rings. The van der Waals surface area contributed by atoms with Crippen LogP contribution in [0.25, 0.3) is 0 Å². The van der Waals surface area contributed by atoms with Crippen molar-refractivity contribution in [1.29, 1.82) is 0 Å². The third-order valence-electron chi connectivity index (χ3n) is 1.56. The molecule has 4 heteroatoms. The van der Waals surface area contributed by atoms with Crippen molar-refractivity contribution in [2.75, 3.05) is 13.2 Å². The first kappa shape index (κ1) is 6.60. The fraction of sp³-hybridized carbons (Fsp3) is 0.500. The summed E-state index contributed by atoms with van der Waals surface area (Å²) in [5.41, 5.74) is 0. The van der Waals surface area contributed by atoms with Gasteiger partial charge in [0, 0.05) is 6.20 Å². The SMILES string of the molecule is Ic1cnn(C2COC2)c1. The molecular weight excluding hydrogens is 243 g/mol. The van der Waals surface area contributed by atoms with Gasteiger partial charge >= 0.3 is 0 Å². The second-order valence-electron chi connectivity index (χ2n) is 2.33. The Kier molecular flexibility index (Phi) is 1.65. The third kappa shape index (κ3) is 1.05. The monoisotopic (exact) mass is 250 g/mol. The van der Waals surface area contributed by atoms with E-state index in [0.717, 1.165) is 13.2 Å². The van der Waals surface area contributed by atoms with E-state index in [1.807, 2.05) is 17.1 Å². The average molecular weight is 250 g/mol. The molecule has 1 aromatic heterocycles. The molecule has 1 aliphatic rings. The fourth-order valence-corrected chi connectivity index (χ4v) is 1.30. The molecule has 0 saturated carbocycles. The van der Waals surface area contributed by atoms with Crippen molar-refractivity contribution in [2.24, 2.45) is 0 Å². The summed E-state index contributed by atoms with van der Waals surface area (Å²) in [5.74, 6) is 0. The van der Waals surface area contributed by atoms with Gasteiger partial charge in [0.05, 0.1) is 29.0 Å². The topological polar surface area (TPSA) is 27.1 Å². The van der Waals surface area contributed by atoms with E-state index < -0.39 is 0 Å². The molecule has 0 unspecified atom stereocenters. The summed E-state index contributed by atoms with van der Waals surface area (Å²) in [6.45, 7) is 1.63. The predicted octanol–water partition coefficient (Wildman–Crippen LogP) is 1.06. The smallest absolute Gasteiger partial charge is 0.0985 e. The highest BCUT2D eigenvalue weighted by Crippen LogP contribution is 2.16. The van der Waals surface area contributed by atoms with Crippen LogP contribution in [0.2, 0.25) is 0 Å². The summed E-state index contributed by atoms with van der Waals surface area (Å²) in [5, 5.41) is 4.17. The molecule has 3 nitrogen and oxygen atoms in total. The summed E-state index contributed by atoms with van der Waals surface area (Å²) in [6, 6.07) is 0.489. The predicted molar refractivity (Wildman–Crippen MR) is 44.8 cm³/mol. The molecule has 0 aliphatic carbocycles. The first-order valence-electron chi connectivity index (χ1n) is 3.13. The molecule has 0 bridgehead atoms. The lowest BCUT2D eigenvalue weighted by atomic mass is 10.3. The quantitative estimate of drug-likeness (QED) is 0.697. The molecule has 0 aromatic carbocycles. The van der Waals surface area contributed by atoms with Gasteiger partial charge in [-0.2, -0.15) is 5.10 Å². The maximum absolute atomic E-state index is 5.04. The minimum atomic E-state index is 0.489. The fourth-order valence-electron chi connectivity index (χ4n) is 0.891. The first-order valence-corrected chi connectivity index (χ1v) is 4.21. The van der Waals surface area contributed by atoms with Gasteiger partial charge in [-0.25, -0.2) is 0 Å². The standard InChI is InChI=1S/C6H7IN2O/c7-5-1-8-9(2-5)6-3-10-4-6/h1-2,6H,3-4H2. The molecule has 2 rings (SSSR count). The Bertz CT molecular complexity index is 231. The number of nitrogens with zero attached hydrogens (tertiary/aromatic N) is 2. The van der Waals surface area contributed by atoms with Gasteiger partial charge in [0.1, 0.15) is 0 Å². The molecule has 0 atom stereocenters. The van der Waals surface area contributed by atoms with E-state index in [1.165, 1.54) is 3.57 Å². The molecule has 0 amide bonds. The summed E-state index contributed by atoms with van der Waals surface area (Å²) in [7, 11) is 0. The molecule has 0 spiro atoms. The van der Waals surface area contributed by atoms with Crippen molar-refractivity contribution >= 4 is 22.6 Å². The van der Waals surface area contributed by atoms with Crippen LogP contribution in [0.4, 0.5) is 0 Å². The molecule has 0 radical (unpaired) electrons. The lowest BCUT2D eigenvalue weighted by Gasteiger charge is -2.25. The van der Waals surface area contributed by atoms with Crippen LogP contribution in [0.1, 0.15) is 6.04 Å². The zero-order chi connectivity index (χ0) is 6.97. The van der Waals surface area contributed by atoms with Gasteiger partial charge < -0.3 is 4.74 Å². The maximum atomic E-state index is 5.04. The maximum Gasteiger partial charge on any atom is 0.0985 e. The minimum Gasteiger partial charge on any atom is -0.377 e. The summed E-state index contributed by atoms with van der Waals surface area (Å²) in [4.78, 5) is 0. The molecule has 1 fully saturated rings. The van der Waals surface area contributed by atoms with Gasteiger partial charge in [-0.05, 0) is 22.6 Å². The highest BCUT2D eigenvalue weighted by atomic mass is 127. The van der Waals surface area contributed by atoms with Crippen molar-refractivity contribution in [1.82, 2.24) is 9.78 Å². The highest BCUT2D eigenvalue weighted by Gasteiger charge is 2.20. The van der Waals surface area contributed by atoms with Crippen molar-refractivity contribution in [3.05, 3.63) is 16.0 Å². The summed E-state index contributed by atoms with van der Waals surface area (Å²) < 4.78 is 8.18. The normalized spacial score (nSPS) is 18.9. The Hall–Kier alpha value is -0.100. The van der Waals surface area contributed by atoms with Gasteiger partial charge in [-0.3, -0.25) is 4.68 Å². The minimum absolute atomic E-state index is 0.489. The van der Waals surface area contributed by atoms with Crippen LogP contribution in [-0.2, 0) is 4.74 Å². The van der Waals surface area contributed by atoms with E-state index in [-0.39, 0.29) is 0 Å². The van der Waals surface area contributed by atoms with Crippen molar-refractivity contribution in [2.45, 2.75) is 6.04 Å². The van der Waals surface area contributed by atoms with E-state index in [4.69, 9.17) is 4.74 Å². The Morgan fingerprint density at radius 1 is 1.70 bits per heavy atom. The van der Waals surface area contributed by atoms with Gasteiger partial charge in [0.25, 0.3) is 0 Å². The van der Waals surface area contributed by atoms with E-state index >= 15 is 0 Å². The number of rotatable bonds is 1. The van der Waals surface area contributed by atoms with E-state index in [9.17, 15) is 0 Å². The molecule has 1 saturated heterocycles. The molecule has 1 aliphatic heterocycles. The molecular formula is C6H7IN2O. The zero-order valence-electron chi connectivity index (χ0n) is 5.33. The van der Waals surface area contributed by atoms with Crippen LogP contribution in [0.5, 0.6) is 0 Å². The Balaban J connectivity index is 2.17. The van der Waals surface area contributed by atoms with Crippen LogP contribution in [0.3, 0.4) is 0 Å². The van der Waals surface area contributed by atoms with Crippen LogP contribution in [0, 0.1) is 3.57 Å². The number of ether oxygens (including phenoxy) is 1. The van der Waals surface area contributed by atoms with Gasteiger partial charge in [0.15, 0.2) is 0 Å². The lowest BCUT2D eigenvalue weighted by Crippen LogP contribution is -2.30. The zero-order valence-corrected chi connectivity index (χ0v) is 7.48. The number of aromatic nitrogens is 2. The van der Waals surface area contributed by atoms with E-state index in [0.29, 0.717) is 6.04 Å². The Morgan fingerprint density at radius 2 is 2.50 bits per heavy atom. The van der Waals surface area contributed by atoms with Gasteiger partial charge in [0.2, 0.25) is 0 Å². The van der Waals surface area contributed by atoms with E-state index in [2.05, 4.69) is 27.7 Å². The largest absolute Gasteiger partial charge is 0.377 e. The van der Waals surface area contributed by atoms with Gasteiger partial charge in [-0.15, -0.1) is 0 Å². The third-order valence-corrected chi connectivity index (χ3v) is 2.12. The molecule has 0 N–H and O–H groups in total.